The normalized spacial score (nSPS) is 12.0. The maximum Gasteiger partial charge on any atom is 0.343 e. The number of fused-ring (bicyclic) bond motifs is 2. The molecule has 0 unspecified atom stereocenters. The van der Waals surface area contributed by atoms with Crippen molar-refractivity contribution in [1.82, 2.24) is 0 Å². The molecule has 14 nitrogen and oxygen atoms in total. The second-order valence-electron chi connectivity index (χ2n) is 32.2. The van der Waals surface area contributed by atoms with E-state index in [1.54, 1.807) is 6.08 Å². The molecule has 0 saturated carbocycles. The minimum atomic E-state index is -1.25. The molecule has 0 saturated heterocycles. The number of rotatable bonds is 27. The molecule has 0 amide bonds. The summed E-state index contributed by atoms with van der Waals surface area (Å²) in [6.07, 6.45) is 20.7. The number of aliphatic hydroxyl groups excluding tert-OH is 1. The van der Waals surface area contributed by atoms with E-state index in [0.717, 1.165) is 134 Å². The van der Waals surface area contributed by atoms with Gasteiger partial charge >= 0.3 is 23.8 Å². The number of ether oxygens (including phenoxy) is 1. The number of anilines is 6. The third-order valence-electron chi connectivity index (χ3n) is 22.9. The molecule has 0 aliphatic rings. The Morgan fingerprint density at radius 3 is 0.985 bits per heavy atom. The zero-order chi connectivity index (χ0) is 93.6. The number of hydrogen-bond donors (Lipinski definition) is 4. The van der Waals surface area contributed by atoms with Gasteiger partial charge in [-0.2, -0.15) is 4.85 Å². The summed E-state index contributed by atoms with van der Waals surface area (Å²) in [7, 11) is 0. The van der Waals surface area contributed by atoms with Gasteiger partial charge in [0.2, 0.25) is 0 Å². The summed E-state index contributed by atoms with van der Waals surface area (Å²) < 4.78 is 5.06. The van der Waals surface area contributed by atoms with Gasteiger partial charge < -0.3 is 35.0 Å². The maximum atomic E-state index is 11.6. The molecular weight excluding hydrogens is 1640 g/mol. The van der Waals surface area contributed by atoms with Crippen molar-refractivity contribution < 1.29 is 39.5 Å². The molecule has 0 heterocycles. The van der Waals surface area contributed by atoms with Crippen molar-refractivity contribution in [2.75, 3.05) is 16.6 Å². The summed E-state index contributed by atoms with van der Waals surface area (Å²) in [5, 5.41) is 41.0. The third kappa shape index (κ3) is 23.3. The first-order chi connectivity index (χ1) is 64.4. The molecule has 15 rings (SSSR count). The lowest BCUT2D eigenvalue weighted by Crippen LogP contribution is -2.11. The molecule has 0 bridgehead atoms. The van der Waals surface area contributed by atoms with Gasteiger partial charge in [0.25, 0.3) is 17.1 Å². The molecule has 14 heteroatoms. The van der Waals surface area contributed by atoms with Crippen LogP contribution in [0.5, 0.6) is 0 Å². The third-order valence-corrected chi connectivity index (χ3v) is 22.9. The molecule has 133 heavy (non-hydrogen) atoms. The lowest BCUT2D eigenvalue weighted by Gasteiger charge is -2.27. The van der Waals surface area contributed by atoms with E-state index < -0.39 is 24.7 Å². The van der Waals surface area contributed by atoms with E-state index in [9.17, 15) is 34.8 Å². The number of carbonyl (C=O) groups is 3. The number of carboxylic acids is 3. The fraction of sp³-hybridized carbons (Fsp3) is 0.0672. The van der Waals surface area contributed by atoms with E-state index in [4.69, 9.17) is 31.0 Å². The number of carboxylic acid groups (broad SMARTS) is 3. The number of allylic oxidation sites excluding steroid dienone is 1. The number of aliphatic hydroxyl groups is 1. The molecule has 15 aromatic carbocycles. The Hall–Kier alpha value is -17.8. The quantitative estimate of drug-likeness (QED) is 0.0128. The van der Waals surface area contributed by atoms with Crippen LogP contribution in [0.1, 0.15) is 129 Å². The summed E-state index contributed by atoms with van der Waals surface area (Å²) in [5.74, 6) is -3.71. The van der Waals surface area contributed by atoms with Crippen molar-refractivity contribution >= 4 is 157 Å². The van der Waals surface area contributed by atoms with Crippen molar-refractivity contribution in [3.8, 4) is 0 Å². The Kier molecular flexibility index (Phi) is 29.3. The summed E-state index contributed by atoms with van der Waals surface area (Å²) >= 11 is 0. The molecule has 0 aliphatic carbocycles. The fourth-order valence-corrected chi connectivity index (χ4v) is 15.5. The van der Waals surface area contributed by atoms with Gasteiger partial charge in [0.05, 0.1) is 26.3 Å². The Balaban J connectivity index is 0.000000219. The van der Waals surface area contributed by atoms with Gasteiger partial charge in [0.15, 0.2) is 6.79 Å². The Morgan fingerprint density at radius 2 is 0.617 bits per heavy atom. The van der Waals surface area contributed by atoms with Crippen LogP contribution in [0.25, 0.3) is 124 Å². The molecule has 15 aromatic rings. The summed E-state index contributed by atoms with van der Waals surface area (Å²) in [6, 6.07) is 112. The standard InChI is InChI=1S/C67H55N3O4.C52H37N3O4/c1-45-13-25-58(38-47(45)3)63(56-27-15-53(16-28-56)42-65(68-6)67(72)73)40-51-21-33-61(34-22-51)70(60-31-19-50(20-32-60)37-49(5)55-11-9-8-10-12-55)62-35-23-52(24-36-62)41-64(59-26-14-46(2)48(4)39-59)57-29-17-54(18-30-57)43-66(69-7)74-44-71;1-34-5-26-50(35(2)27-34)55(46-22-14-36(15-23-46)6-8-38-10-18-44-30-40(12-20-42(44)28-38)32-48(53-3)51(56)57)47-24-16-37(17-25-47)7-9-39-11-19-45-31-41(13-21-43(45)29-39)33-49(54-4)52(58)59/h8-43,71H,44H2,1-5H3,(H,72,73);5-33H,1-2H3,(H,56,57)(H,58,59)/b49-37+,63-40-,64-41-,65-42-,66-43+;8-6+,9-7+,48-32-,49-33-. The molecule has 0 aliphatic heterocycles. The highest BCUT2D eigenvalue weighted by atomic mass is 16.6. The van der Waals surface area contributed by atoms with Crippen LogP contribution in [0.4, 0.5) is 34.1 Å². The zero-order valence-corrected chi connectivity index (χ0v) is 74.3. The highest BCUT2D eigenvalue weighted by Crippen LogP contribution is 2.41. The van der Waals surface area contributed by atoms with Crippen LogP contribution in [0.3, 0.4) is 0 Å². The van der Waals surface area contributed by atoms with Crippen molar-refractivity contribution in [1.29, 1.82) is 0 Å². The Labute approximate surface area is 775 Å². The van der Waals surface area contributed by atoms with Gasteiger partial charge in [-0.25, -0.2) is 14.5 Å². The average molecular weight is 1730 g/mol. The van der Waals surface area contributed by atoms with Gasteiger partial charge in [-0.05, 0) is 331 Å². The lowest BCUT2D eigenvalue weighted by atomic mass is 9.92. The van der Waals surface area contributed by atoms with Gasteiger partial charge in [0, 0.05) is 34.1 Å². The highest BCUT2D eigenvalue weighted by molar-refractivity contribution is 6.00. The second-order valence-corrected chi connectivity index (χ2v) is 32.2. The van der Waals surface area contributed by atoms with Crippen LogP contribution in [0.15, 0.2) is 351 Å². The smallest absolute Gasteiger partial charge is 0.343 e. The summed E-state index contributed by atoms with van der Waals surface area (Å²) in [5.41, 5.74) is 30.8. The van der Waals surface area contributed by atoms with Gasteiger partial charge in [-0.3, -0.25) is 14.4 Å². The van der Waals surface area contributed by atoms with E-state index in [1.807, 2.05) is 115 Å². The molecule has 0 fully saturated rings. The van der Waals surface area contributed by atoms with Crippen LogP contribution in [-0.4, -0.2) is 45.1 Å². The average Bonchev–Trinajstić information content (AvgIpc) is 0.786. The molecule has 646 valence electrons. The van der Waals surface area contributed by atoms with Crippen LogP contribution < -0.4 is 9.80 Å². The first-order valence-electron chi connectivity index (χ1n) is 42.9. The molecule has 0 spiro atoms. The van der Waals surface area contributed by atoms with Crippen LogP contribution in [0.2, 0.25) is 0 Å². The largest absolute Gasteiger partial charge is 0.494 e. The van der Waals surface area contributed by atoms with Crippen LogP contribution in [0, 0.1) is 67.8 Å². The Morgan fingerprint density at radius 1 is 0.293 bits per heavy atom. The molecular formula is C119H92N6O8. The lowest BCUT2D eigenvalue weighted by molar-refractivity contribution is -0.133. The van der Waals surface area contributed by atoms with Crippen molar-refractivity contribution in [3.05, 3.63) is 519 Å². The molecule has 0 aromatic heterocycles. The second kappa shape index (κ2) is 42.7. The topological polar surface area (TPSA) is 165 Å². The van der Waals surface area contributed by atoms with Gasteiger partial charge in [-0.1, -0.05) is 273 Å². The predicted molar refractivity (Wildman–Crippen MR) is 546 cm³/mol. The predicted octanol–water partition coefficient (Wildman–Crippen LogP) is 29.8. The number of aryl methyl sites for hydroxylation is 6. The van der Waals surface area contributed by atoms with Crippen molar-refractivity contribution in [2.24, 2.45) is 0 Å². The number of aliphatic carboxylic acids is 3. The van der Waals surface area contributed by atoms with E-state index >= 15 is 0 Å². The van der Waals surface area contributed by atoms with Gasteiger partial charge in [-0.15, -0.1) is 0 Å². The van der Waals surface area contributed by atoms with E-state index in [0.29, 0.717) is 16.7 Å². The fourth-order valence-electron chi connectivity index (χ4n) is 15.5. The number of hydrogen-bond acceptors (Lipinski definition) is 7. The highest BCUT2D eigenvalue weighted by Gasteiger charge is 2.20. The van der Waals surface area contributed by atoms with Crippen molar-refractivity contribution in [2.45, 2.75) is 48.5 Å². The zero-order valence-electron chi connectivity index (χ0n) is 74.3. The van der Waals surface area contributed by atoms with E-state index in [-0.39, 0.29) is 23.0 Å². The Bertz CT molecular complexity index is 7230. The first kappa shape index (κ1) is 91.4. The molecule has 0 atom stereocenters. The molecule has 0 radical (unpaired) electrons. The maximum absolute atomic E-state index is 11.6. The van der Waals surface area contributed by atoms with Crippen LogP contribution in [-0.2, 0) is 19.1 Å². The van der Waals surface area contributed by atoms with E-state index in [2.05, 4.69) is 333 Å². The summed E-state index contributed by atoms with van der Waals surface area (Å²) in [4.78, 5) is 51.4. The minimum absolute atomic E-state index is 0.0204. The van der Waals surface area contributed by atoms with Gasteiger partial charge in [0.1, 0.15) is 0 Å². The number of benzene rings is 15. The van der Waals surface area contributed by atoms with E-state index in [1.165, 1.54) is 62.7 Å². The number of nitrogens with zero attached hydrogens (tertiary/aromatic N) is 6. The molecule has 4 N–H and O–H groups in total. The monoisotopic (exact) mass is 1730 g/mol. The SMILES string of the molecule is [C-]#[N+]/C(=C\c1ccc(/C(=C/c2ccc(N(c3ccc(/C=C(/c4ccc(/C=C(\[N+]#[C-])OCO)cc4)c4ccc(C)c(C)c4)cc3)c3ccc(/C=C(\C)c4ccccc4)cc3)cc2)c2ccc(C)c(C)c2)cc1)C(=O)O.[C-]#[N+]/C(=C\c1ccc2cc(/C=C/c3ccc(N(c4ccc(/C=C/c5ccc6cc(/C=C(\[N+]#[C-])C(=O)O)ccc6c5)cc4)c4ccc(C)cc4C)cc3)ccc2c1)C(=O)O. The minimum Gasteiger partial charge on any atom is -0.494 e. The van der Waals surface area contributed by atoms with Crippen molar-refractivity contribution in [3.63, 3.8) is 0 Å². The first-order valence-corrected chi connectivity index (χ1v) is 42.9. The summed E-state index contributed by atoms with van der Waals surface area (Å²) in [6.45, 7) is 43.2. The van der Waals surface area contributed by atoms with Crippen LogP contribution >= 0.6 is 0 Å².